The summed E-state index contributed by atoms with van der Waals surface area (Å²) in [5.41, 5.74) is 4.19. The number of carbonyl (C=O) groups is 1. The summed E-state index contributed by atoms with van der Waals surface area (Å²) in [4.78, 5) is 22.7. The van der Waals surface area contributed by atoms with Crippen molar-refractivity contribution in [1.29, 1.82) is 0 Å². The van der Waals surface area contributed by atoms with E-state index in [9.17, 15) is 4.79 Å². The summed E-state index contributed by atoms with van der Waals surface area (Å²) >= 11 is 0. The summed E-state index contributed by atoms with van der Waals surface area (Å²) in [6.07, 6.45) is 6.32. The monoisotopic (exact) mass is 420 g/mol. The van der Waals surface area contributed by atoms with E-state index in [0.29, 0.717) is 13.1 Å². The van der Waals surface area contributed by atoms with Crippen LogP contribution < -0.4 is 5.32 Å². The number of fused-ring (bicyclic) bond motifs is 2. The molecule has 5 nitrogen and oxygen atoms in total. The van der Waals surface area contributed by atoms with E-state index < -0.39 is 0 Å². The van der Waals surface area contributed by atoms with E-state index in [1.165, 1.54) is 10.9 Å². The second-order valence-corrected chi connectivity index (χ2v) is 7.84. The Labute approximate surface area is 186 Å². The van der Waals surface area contributed by atoms with Crippen molar-refractivity contribution in [1.82, 2.24) is 14.9 Å². The molecule has 0 aliphatic heterocycles. The van der Waals surface area contributed by atoms with E-state index in [1.54, 1.807) is 12.4 Å². The number of benzene rings is 3. The lowest BCUT2D eigenvalue weighted by Crippen LogP contribution is -2.36. The maximum Gasteiger partial charge on any atom is 0.322 e. The summed E-state index contributed by atoms with van der Waals surface area (Å²) in [5, 5.41) is 6.47. The minimum atomic E-state index is -0.113. The number of hydrogen-bond donors (Lipinski definition) is 2. The minimum absolute atomic E-state index is 0.113. The third-order valence-electron chi connectivity index (χ3n) is 5.77. The van der Waals surface area contributed by atoms with Gasteiger partial charge in [0.15, 0.2) is 0 Å². The third kappa shape index (κ3) is 4.18. The maximum atomic E-state index is 13.4. The molecule has 0 aliphatic carbocycles. The van der Waals surface area contributed by atoms with Gasteiger partial charge in [0, 0.05) is 48.0 Å². The van der Waals surface area contributed by atoms with Gasteiger partial charge in [-0.3, -0.25) is 4.98 Å². The zero-order chi connectivity index (χ0) is 21.8. The normalized spacial score (nSPS) is 11.0. The van der Waals surface area contributed by atoms with E-state index in [4.69, 9.17) is 0 Å². The zero-order valence-corrected chi connectivity index (χ0v) is 17.7. The fraction of sp³-hybridized carbons (Fsp3) is 0.111. The zero-order valence-electron chi connectivity index (χ0n) is 17.7. The Hall–Kier alpha value is -4.12. The Balaban J connectivity index is 1.39. The van der Waals surface area contributed by atoms with Crippen molar-refractivity contribution >= 4 is 33.4 Å². The Bertz CT molecular complexity index is 1350. The van der Waals surface area contributed by atoms with E-state index in [1.807, 2.05) is 65.7 Å². The highest BCUT2D eigenvalue weighted by Gasteiger charge is 2.16. The number of carbonyl (C=O) groups excluding carboxylic acids is 1. The molecule has 0 unspecified atom stereocenters. The number of amides is 2. The van der Waals surface area contributed by atoms with Gasteiger partial charge in [-0.25, -0.2) is 4.79 Å². The summed E-state index contributed by atoms with van der Waals surface area (Å²) < 4.78 is 0. The van der Waals surface area contributed by atoms with Gasteiger partial charge < -0.3 is 15.2 Å². The van der Waals surface area contributed by atoms with E-state index in [-0.39, 0.29) is 6.03 Å². The number of pyridine rings is 1. The summed E-state index contributed by atoms with van der Waals surface area (Å²) in [6.45, 7) is 1.11. The van der Waals surface area contributed by atoms with Crippen molar-refractivity contribution in [2.45, 2.75) is 13.0 Å². The smallest absolute Gasteiger partial charge is 0.322 e. The first kappa shape index (κ1) is 19.8. The predicted octanol–water partition coefficient (Wildman–Crippen LogP) is 5.99. The fourth-order valence-corrected chi connectivity index (χ4v) is 4.08. The largest absolute Gasteiger partial charge is 0.361 e. The van der Waals surface area contributed by atoms with Crippen molar-refractivity contribution in [3.8, 4) is 0 Å². The molecule has 2 amide bonds. The number of nitrogens with one attached hydrogen (secondary N) is 2. The van der Waals surface area contributed by atoms with Crippen LogP contribution in [0, 0.1) is 0 Å². The Morgan fingerprint density at radius 3 is 2.50 bits per heavy atom. The number of para-hydroxylation sites is 1. The quantitative estimate of drug-likeness (QED) is 0.354. The van der Waals surface area contributed by atoms with Crippen LogP contribution in [0.2, 0.25) is 0 Å². The van der Waals surface area contributed by atoms with Gasteiger partial charge in [-0.1, -0.05) is 54.6 Å². The number of nitrogens with zero attached hydrogens (tertiary/aromatic N) is 2. The molecule has 158 valence electrons. The van der Waals surface area contributed by atoms with Gasteiger partial charge in [-0.05, 0) is 47.2 Å². The van der Waals surface area contributed by atoms with Gasteiger partial charge in [0.25, 0.3) is 0 Å². The molecule has 0 aliphatic rings. The molecular weight excluding hydrogens is 396 g/mol. The highest BCUT2D eigenvalue weighted by molar-refractivity contribution is 6.01. The number of aromatic nitrogens is 2. The third-order valence-corrected chi connectivity index (χ3v) is 5.77. The van der Waals surface area contributed by atoms with Crippen molar-refractivity contribution in [3.05, 3.63) is 109 Å². The van der Waals surface area contributed by atoms with Crippen molar-refractivity contribution in [2.24, 2.45) is 0 Å². The first-order valence-corrected chi connectivity index (χ1v) is 10.8. The molecule has 0 bridgehead atoms. The molecule has 0 saturated carbocycles. The highest BCUT2D eigenvalue weighted by Crippen LogP contribution is 2.24. The van der Waals surface area contributed by atoms with Gasteiger partial charge in [0.1, 0.15) is 0 Å². The first-order chi connectivity index (χ1) is 15.8. The topological polar surface area (TPSA) is 61.0 Å². The average molecular weight is 421 g/mol. The van der Waals surface area contributed by atoms with E-state index in [2.05, 4.69) is 39.6 Å². The van der Waals surface area contributed by atoms with Crippen LogP contribution >= 0.6 is 0 Å². The number of urea groups is 1. The van der Waals surface area contributed by atoms with Crippen LogP contribution in [0.1, 0.15) is 11.1 Å². The second-order valence-electron chi connectivity index (χ2n) is 7.84. The van der Waals surface area contributed by atoms with Crippen LogP contribution in [0.5, 0.6) is 0 Å². The molecule has 0 spiro atoms. The molecule has 0 radical (unpaired) electrons. The Kier molecular flexibility index (Phi) is 5.54. The SMILES string of the molecule is O=C(Nc1cccc2ccccc12)N(CCc1c[nH]c2ccccc12)Cc1ccncc1. The predicted molar refractivity (Wildman–Crippen MR) is 130 cm³/mol. The molecule has 2 aromatic heterocycles. The number of rotatable bonds is 6. The van der Waals surface area contributed by atoms with Crippen LogP contribution in [0.4, 0.5) is 10.5 Å². The van der Waals surface area contributed by atoms with Crippen LogP contribution in [-0.4, -0.2) is 27.4 Å². The molecular formula is C27H24N4O. The van der Waals surface area contributed by atoms with Crippen LogP contribution in [-0.2, 0) is 13.0 Å². The highest BCUT2D eigenvalue weighted by atomic mass is 16.2. The minimum Gasteiger partial charge on any atom is -0.361 e. The molecule has 0 saturated heterocycles. The fourth-order valence-electron chi connectivity index (χ4n) is 4.08. The van der Waals surface area contributed by atoms with Crippen molar-refractivity contribution < 1.29 is 4.79 Å². The number of aromatic amines is 1. The maximum absolute atomic E-state index is 13.4. The lowest BCUT2D eigenvalue weighted by molar-refractivity contribution is 0.210. The van der Waals surface area contributed by atoms with Crippen molar-refractivity contribution in [3.63, 3.8) is 0 Å². The van der Waals surface area contributed by atoms with Gasteiger partial charge >= 0.3 is 6.03 Å². The molecule has 2 heterocycles. The molecule has 5 rings (SSSR count). The molecule has 0 fully saturated rings. The number of anilines is 1. The second kappa shape index (κ2) is 8.94. The molecule has 2 N–H and O–H groups in total. The number of hydrogen-bond acceptors (Lipinski definition) is 2. The molecule has 0 atom stereocenters. The Morgan fingerprint density at radius 2 is 1.62 bits per heavy atom. The number of H-pyrrole nitrogens is 1. The van der Waals surface area contributed by atoms with Gasteiger partial charge in [-0.15, -0.1) is 0 Å². The van der Waals surface area contributed by atoms with Crippen LogP contribution in [0.3, 0.4) is 0 Å². The van der Waals surface area contributed by atoms with E-state index >= 15 is 0 Å². The Morgan fingerprint density at radius 1 is 0.875 bits per heavy atom. The van der Waals surface area contributed by atoms with E-state index in [0.717, 1.165) is 34.0 Å². The van der Waals surface area contributed by atoms with Gasteiger partial charge in [-0.2, -0.15) is 0 Å². The van der Waals surface area contributed by atoms with Crippen molar-refractivity contribution in [2.75, 3.05) is 11.9 Å². The molecule has 3 aromatic carbocycles. The molecule has 5 aromatic rings. The molecule has 32 heavy (non-hydrogen) atoms. The summed E-state index contributed by atoms with van der Waals surface area (Å²) in [7, 11) is 0. The van der Waals surface area contributed by atoms with Gasteiger partial charge in [0.2, 0.25) is 0 Å². The van der Waals surface area contributed by atoms with Crippen LogP contribution in [0.25, 0.3) is 21.7 Å². The lowest BCUT2D eigenvalue weighted by atomic mass is 10.1. The average Bonchev–Trinajstić information content (AvgIpc) is 3.26. The summed E-state index contributed by atoms with van der Waals surface area (Å²) in [6, 6.07) is 26.1. The van der Waals surface area contributed by atoms with Gasteiger partial charge in [0.05, 0.1) is 5.69 Å². The molecule has 5 heteroatoms. The standard InChI is InChI=1S/C27H24N4O/c32-27(30-26-11-5-7-21-6-1-2-8-23(21)26)31(19-20-12-15-28-16-13-20)17-14-22-18-29-25-10-4-3-9-24(22)25/h1-13,15-16,18,29H,14,17,19H2,(H,30,32). The lowest BCUT2D eigenvalue weighted by Gasteiger charge is -2.24. The summed E-state index contributed by atoms with van der Waals surface area (Å²) in [5.74, 6) is 0. The van der Waals surface area contributed by atoms with Crippen LogP contribution in [0.15, 0.2) is 97.5 Å². The first-order valence-electron chi connectivity index (χ1n) is 10.8.